The molecule has 3 rings (SSSR count). The smallest absolute Gasteiger partial charge is 0.264 e. The first kappa shape index (κ1) is 17.8. The van der Waals surface area contributed by atoms with Crippen LogP contribution in [0.5, 0.6) is 0 Å². The Kier molecular flexibility index (Phi) is 4.56. The normalized spacial score (nSPS) is 22.6. The number of rotatable bonds is 4. The molecule has 1 N–H and O–H groups in total. The monoisotopic (exact) mass is 385 g/mol. The van der Waals surface area contributed by atoms with E-state index < -0.39 is 49.3 Å². The highest BCUT2D eigenvalue weighted by atomic mass is 32.2. The summed E-state index contributed by atoms with van der Waals surface area (Å²) >= 11 is 0. The van der Waals surface area contributed by atoms with Gasteiger partial charge in [0.25, 0.3) is 10.0 Å². The number of hydrogen-bond donors (Lipinski definition) is 1. The van der Waals surface area contributed by atoms with Crippen molar-refractivity contribution in [2.24, 2.45) is 0 Å². The molecule has 2 atom stereocenters. The summed E-state index contributed by atoms with van der Waals surface area (Å²) in [5.74, 6) is -1.57. The molecule has 6 nitrogen and oxygen atoms in total. The van der Waals surface area contributed by atoms with Gasteiger partial charge in [0, 0.05) is 0 Å². The Balaban J connectivity index is 2.15. The first-order valence-corrected chi connectivity index (χ1v) is 10.7. The maximum atomic E-state index is 13.2. The van der Waals surface area contributed by atoms with Gasteiger partial charge in [0.15, 0.2) is 9.84 Å². The van der Waals surface area contributed by atoms with E-state index in [2.05, 4.69) is 0 Å². The molecule has 0 bridgehead atoms. The number of aliphatic hydroxyl groups is 1. The number of sulfone groups is 1. The second-order valence-corrected chi connectivity index (χ2v) is 9.77. The van der Waals surface area contributed by atoms with Crippen LogP contribution in [0, 0.1) is 5.82 Å². The molecule has 1 aliphatic rings. The van der Waals surface area contributed by atoms with Crippen molar-refractivity contribution >= 4 is 25.5 Å². The summed E-state index contributed by atoms with van der Waals surface area (Å²) in [6, 6.07) is 11.0. The van der Waals surface area contributed by atoms with Crippen LogP contribution in [0.3, 0.4) is 0 Å². The van der Waals surface area contributed by atoms with Crippen molar-refractivity contribution < 1.29 is 26.3 Å². The Morgan fingerprint density at radius 2 is 1.60 bits per heavy atom. The molecule has 2 aromatic rings. The van der Waals surface area contributed by atoms with E-state index in [0.717, 1.165) is 16.4 Å². The third-order valence-corrected chi connectivity index (χ3v) is 7.54. The van der Waals surface area contributed by atoms with Crippen LogP contribution in [0.15, 0.2) is 59.5 Å². The minimum atomic E-state index is -4.15. The minimum absolute atomic E-state index is 0.0455. The third kappa shape index (κ3) is 3.53. The fourth-order valence-corrected chi connectivity index (χ4v) is 6.40. The molecular formula is C16H16FNO5S2. The van der Waals surface area contributed by atoms with Gasteiger partial charge in [-0.25, -0.2) is 21.2 Å². The van der Waals surface area contributed by atoms with Gasteiger partial charge in [0.05, 0.1) is 34.2 Å². The van der Waals surface area contributed by atoms with Crippen LogP contribution in [-0.2, 0) is 19.9 Å². The van der Waals surface area contributed by atoms with Crippen LogP contribution in [0.2, 0.25) is 0 Å². The first-order valence-electron chi connectivity index (χ1n) is 7.44. The molecule has 0 radical (unpaired) electrons. The summed E-state index contributed by atoms with van der Waals surface area (Å²) in [5.41, 5.74) is 0.0893. The van der Waals surface area contributed by atoms with Gasteiger partial charge in [-0.3, -0.25) is 4.31 Å². The standard InChI is InChI=1S/C16H16FNO5S2/c17-12-6-8-13(9-7-12)18(15-10-24(20,21)11-16(15)19)25(22,23)14-4-2-1-3-5-14/h1-9,15-16,19H,10-11H2. The van der Waals surface area contributed by atoms with E-state index in [4.69, 9.17) is 0 Å². The molecule has 2 unspecified atom stereocenters. The van der Waals surface area contributed by atoms with E-state index in [1.54, 1.807) is 6.07 Å². The van der Waals surface area contributed by atoms with Gasteiger partial charge in [0.1, 0.15) is 5.82 Å². The zero-order valence-electron chi connectivity index (χ0n) is 13.0. The van der Waals surface area contributed by atoms with Gasteiger partial charge in [-0.2, -0.15) is 0 Å². The SMILES string of the molecule is O=S1(=O)CC(O)C(N(c2ccc(F)cc2)S(=O)(=O)c2ccccc2)C1. The number of aliphatic hydroxyl groups excluding tert-OH is 1. The summed E-state index contributed by atoms with van der Waals surface area (Å²) in [6.07, 6.45) is -1.37. The lowest BCUT2D eigenvalue weighted by Crippen LogP contribution is -2.47. The molecule has 25 heavy (non-hydrogen) atoms. The Labute approximate surface area is 145 Å². The van der Waals surface area contributed by atoms with Crippen LogP contribution in [0.1, 0.15) is 0 Å². The van der Waals surface area contributed by atoms with E-state index in [-0.39, 0.29) is 10.6 Å². The summed E-state index contributed by atoms with van der Waals surface area (Å²) in [5, 5.41) is 10.2. The average Bonchev–Trinajstić information content (AvgIpc) is 2.83. The summed E-state index contributed by atoms with van der Waals surface area (Å²) in [6.45, 7) is 0. The minimum Gasteiger partial charge on any atom is -0.390 e. The molecular weight excluding hydrogens is 369 g/mol. The van der Waals surface area contributed by atoms with Crippen molar-refractivity contribution in [1.29, 1.82) is 0 Å². The van der Waals surface area contributed by atoms with Crippen molar-refractivity contribution in [2.75, 3.05) is 15.8 Å². The molecule has 1 heterocycles. The molecule has 9 heteroatoms. The average molecular weight is 385 g/mol. The van der Waals surface area contributed by atoms with E-state index >= 15 is 0 Å². The molecule has 1 fully saturated rings. The number of sulfonamides is 1. The van der Waals surface area contributed by atoms with Crippen molar-refractivity contribution in [3.05, 3.63) is 60.4 Å². The molecule has 2 aromatic carbocycles. The third-order valence-electron chi connectivity index (χ3n) is 3.98. The lowest BCUT2D eigenvalue weighted by Gasteiger charge is -2.31. The molecule has 134 valence electrons. The number of halogens is 1. The second kappa shape index (κ2) is 6.40. The topological polar surface area (TPSA) is 91.8 Å². The van der Waals surface area contributed by atoms with Gasteiger partial charge >= 0.3 is 0 Å². The van der Waals surface area contributed by atoms with Crippen molar-refractivity contribution in [1.82, 2.24) is 0 Å². The van der Waals surface area contributed by atoms with E-state index in [1.807, 2.05) is 0 Å². The predicted octanol–water partition coefficient (Wildman–Crippen LogP) is 1.18. The van der Waals surface area contributed by atoms with Crippen LogP contribution >= 0.6 is 0 Å². The zero-order chi connectivity index (χ0) is 18.2. The second-order valence-electron chi connectivity index (χ2n) is 5.80. The lowest BCUT2D eigenvalue weighted by atomic mass is 10.2. The lowest BCUT2D eigenvalue weighted by molar-refractivity contribution is 0.184. The fraction of sp³-hybridized carbons (Fsp3) is 0.250. The van der Waals surface area contributed by atoms with E-state index in [0.29, 0.717) is 0 Å². The molecule has 0 amide bonds. The summed E-state index contributed by atoms with van der Waals surface area (Å²) in [4.78, 5) is -0.0455. The Hall–Kier alpha value is -1.97. The highest BCUT2D eigenvalue weighted by Gasteiger charge is 2.45. The number of hydrogen-bond acceptors (Lipinski definition) is 5. The van der Waals surface area contributed by atoms with Gasteiger partial charge in [-0.1, -0.05) is 18.2 Å². The highest BCUT2D eigenvalue weighted by Crippen LogP contribution is 2.31. The fourth-order valence-electron chi connectivity index (χ4n) is 2.84. The van der Waals surface area contributed by atoms with Gasteiger partial charge in [0.2, 0.25) is 0 Å². The van der Waals surface area contributed by atoms with Crippen molar-refractivity contribution in [3.63, 3.8) is 0 Å². The predicted molar refractivity (Wildman–Crippen MR) is 91.0 cm³/mol. The number of anilines is 1. The summed E-state index contributed by atoms with van der Waals surface area (Å²) < 4.78 is 64.0. The zero-order valence-corrected chi connectivity index (χ0v) is 14.6. The van der Waals surface area contributed by atoms with Gasteiger partial charge < -0.3 is 5.11 Å². The molecule has 1 saturated heterocycles. The molecule has 1 aliphatic heterocycles. The van der Waals surface area contributed by atoms with E-state index in [9.17, 15) is 26.3 Å². The summed E-state index contributed by atoms with van der Waals surface area (Å²) in [7, 11) is -7.73. The number of nitrogens with zero attached hydrogens (tertiary/aromatic N) is 1. The molecule has 0 aromatic heterocycles. The van der Waals surface area contributed by atoms with Crippen LogP contribution in [0.25, 0.3) is 0 Å². The van der Waals surface area contributed by atoms with Crippen LogP contribution in [-0.4, -0.2) is 45.6 Å². The molecule has 0 aliphatic carbocycles. The number of benzene rings is 2. The Morgan fingerprint density at radius 3 is 2.12 bits per heavy atom. The quantitative estimate of drug-likeness (QED) is 0.853. The highest BCUT2D eigenvalue weighted by molar-refractivity contribution is 7.93. The van der Waals surface area contributed by atoms with Gasteiger partial charge in [-0.05, 0) is 36.4 Å². The van der Waals surface area contributed by atoms with Crippen LogP contribution in [0.4, 0.5) is 10.1 Å². The first-order chi connectivity index (χ1) is 11.7. The largest absolute Gasteiger partial charge is 0.390 e. The Bertz CT molecular complexity index is 959. The van der Waals surface area contributed by atoms with Crippen molar-refractivity contribution in [2.45, 2.75) is 17.0 Å². The van der Waals surface area contributed by atoms with Crippen molar-refractivity contribution in [3.8, 4) is 0 Å². The van der Waals surface area contributed by atoms with E-state index in [1.165, 1.54) is 36.4 Å². The Morgan fingerprint density at radius 1 is 1.00 bits per heavy atom. The maximum absolute atomic E-state index is 13.2. The van der Waals surface area contributed by atoms with Crippen LogP contribution < -0.4 is 4.31 Å². The molecule has 0 saturated carbocycles. The maximum Gasteiger partial charge on any atom is 0.264 e. The van der Waals surface area contributed by atoms with Gasteiger partial charge in [-0.15, -0.1) is 0 Å². The molecule has 0 spiro atoms.